The van der Waals surface area contributed by atoms with Crippen LogP contribution in [0.3, 0.4) is 0 Å². The monoisotopic (exact) mass is 450 g/mol. The molecule has 1 N–H and O–H groups in total. The fourth-order valence-corrected chi connectivity index (χ4v) is 4.05. The third-order valence-electron chi connectivity index (χ3n) is 5.86. The minimum Gasteiger partial charge on any atom is -0.371 e. The van der Waals surface area contributed by atoms with Crippen molar-refractivity contribution in [1.29, 1.82) is 0 Å². The zero-order valence-corrected chi connectivity index (χ0v) is 17.1. The molecule has 170 valence electrons. The summed E-state index contributed by atoms with van der Waals surface area (Å²) in [6.07, 6.45) is -0.0835. The van der Waals surface area contributed by atoms with Crippen LogP contribution in [0.25, 0.3) is 0 Å². The van der Waals surface area contributed by atoms with Crippen molar-refractivity contribution in [1.82, 2.24) is 14.9 Å². The molecule has 0 bridgehead atoms. The van der Waals surface area contributed by atoms with Crippen molar-refractivity contribution in [3.05, 3.63) is 66.3 Å². The van der Waals surface area contributed by atoms with Gasteiger partial charge >= 0.3 is 6.18 Å². The van der Waals surface area contributed by atoms with Gasteiger partial charge in [0.25, 0.3) is 0 Å². The molecule has 1 aliphatic heterocycles. The Morgan fingerprint density at radius 2 is 1.81 bits per heavy atom. The third-order valence-corrected chi connectivity index (χ3v) is 5.86. The van der Waals surface area contributed by atoms with E-state index in [0.29, 0.717) is 25.9 Å². The molecule has 2 heterocycles. The van der Waals surface area contributed by atoms with Gasteiger partial charge in [-0.3, -0.25) is 4.79 Å². The Morgan fingerprint density at radius 1 is 1.16 bits per heavy atom. The van der Waals surface area contributed by atoms with E-state index in [1.807, 2.05) is 0 Å². The standard InChI is InChI=1S/C22H22F4N4O2/c1-2-20(31)30-11-18(29-21-27-9-16(23)10-28-21)19(12-30)32-17-7-14(8-17)13-3-5-15(6-4-13)22(24,25)26/h2-6,9-10,14,17-19H,1,7-8,11-12H2,(H,27,28,29)/t14?,17?,18-,19-/m1/s1. The molecular formula is C22H22F4N4O2. The molecule has 1 amide bonds. The molecule has 32 heavy (non-hydrogen) atoms. The second-order valence-electron chi connectivity index (χ2n) is 8.01. The number of ether oxygens (including phenoxy) is 1. The first-order valence-corrected chi connectivity index (χ1v) is 10.2. The number of aromatic nitrogens is 2. The number of hydrogen-bond acceptors (Lipinski definition) is 5. The Hall–Kier alpha value is -3.01. The second kappa shape index (κ2) is 8.85. The smallest absolute Gasteiger partial charge is 0.371 e. The number of anilines is 1. The molecule has 2 fully saturated rings. The molecule has 4 rings (SSSR count). The Bertz CT molecular complexity index is 959. The minimum atomic E-state index is -4.35. The summed E-state index contributed by atoms with van der Waals surface area (Å²) in [5.41, 5.74) is 0.186. The lowest BCUT2D eigenvalue weighted by molar-refractivity contribution is -0.137. The van der Waals surface area contributed by atoms with Gasteiger partial charge in [-0.2, -0.15) is 13.2 Å². The van der Waals surface area contributed by atoms with E-state index in [1.54, 1.807) is 4.90 Å². The molecule has 0 spiro atoms. The Morgan fingerprint density at radius 3 is 2.41 bits per heavy atom. The Balaban J connectivity index is 1.36. The number of nitrogens with one attached hydrogen (secondary N) is 1. The topological polar surface area (TPSA) is 67.4 Å². The van der Waals surface area contributed by atoms with E-state index >= 15 is 0 Å². The highest BCUT2D eigenvalue weighted by Crippen LogP contribution is 2.41. The van der Waals surface area contributed by atoms with Crippen molar-refractivity contribution >= 4 is 11.9 Å². The van der Waals surface area contributed by atoms with Crippen molar-refractivity contribution in [3.8, 4) is 0 Å². The van der Waals surface area contributed by atoms with Gasteiger partial charge in [-0.25, -0.2) is 14.4 Å². The molecule has 1 aromatic carbocycles. The van der Waals surface area contributed by atoms with Crippen LogP contribution in [-0.4, -0.2) is 52.1 Å². The summed E-state index contributed by atoms with van der Waals surface area (Å²) in [4.78, 5) is 21.5. The maximum absolute atomic E-state index is 13.1. The van der Waals surface area contributed by atoms with Gasteiger partial charge in [-0.15, -0.1) is 0 Å². The van der Waals surface area contributed by atoms with Crippen LogP contribution in [0.15, 0.2) is 49.3 Å². The lowest BCUT2D eigenvalue weighted by atomic mass is 9.77. The van der Waals surface area contributed by atoms with Gasteiger partial charge in [0.1, 0.15) is 0 Å². The van der Waals surface area contributed by atoms with Crippen LogP contribution >= 0.6 is 0 Å². The molecule has 0 radical (unpaired) electrons. The van der Waals surface area contributed by atoms with E-state index < -0.39 is 17.6 Å². The van der Waals surface area contributed by atoms with Crippen molar-refractivity contribution in [2.45, 2.75) is 43.2 Å². The van der Waals surface area contributed by atoms with Gasteiger partial charge in [0.05, 0.1) is 36.2 Å². The predicted octanol–water partition coefficient (Wildman–Crippen LogP) is 3.77. The second-order valence-corrected chi connectivity index (χ2v) is 8.01. The van der Waals surface area contributed by atoms with E-state index in [2.05, 4.69) is 21.9 Å². The minimum absolute atomic E-state index is 0.0792. The number of carbonyl (C=O) groups is 1. The normalized spacial score (nSPS) is 25.3. The molecule has 0 unspecified atom stereocenters. The molecule has 2 aliphatic rings. The number of likely N-dealkylation sites (tertiary alicyclic amines) is 1. The zero-order chi connectivity index (χ0) is 22.9. The highest BCUT2D eigenvalue weighted by atomic mass is 19.4. The fourth-order valence-electron chi connectivity index (χ4n) is 4.05. The maximum atomic E-state index is 13.1. The summed E-state index contributed by atoms with van der Waals surface area (Å²) >= 11 is 0. The number of nitrogens with zero attached hydrogens (tertiary/aromatic N) is 3. The Kier molecular flexibility index (Phi) is 6.14. The average Bonchev–Trinajstić information content (AvgIpc) is 3.13. The number of rotatable bonds is 6. The summed E-state index contributed by atoms with van der Waals surface area (Å²) in [6.45, 7) is 4.22. The fraction of sp³-hybridized carbons (Fsp3) is 0.409. The van der Waals surface area contributed by atoms with Crippen LogP contribution in [0.2, 0.25) is 0 Å². The predicted molar refractivity (Wildman–Crippen MR) is 108 cm³/mol. The van der Waals surface area contributed by atoms with Crippen LogP contribution in [0.4, 0.5) is 23.5 Å². The lowest BCUT2D eigenvalue weighted by Crippen LogP contribution is -2.41. The zero-order valence-electron chi connectivity index (χ0n) is 17.1. The summed E-state index contributed by atoms with van der Waals surface area (Å²) in [5.74, 6) is -0.420. The molecule has 1 saturated heterocycles. The van der Waals surface area contributed by atoms with Crippen molar-refractivity contribution in [2.75, 3.05) is 18.4 Å². The number of amides is 1. The number of halogens is 4. The van der Waals surface area contributed by atoms with Crippen LogP contribution in [0.5, 0.6) is 0 Å². The van der Waals surface area contributed by atoms with Crippen molar-refractivity contribution in [2.24, 2.45) is 0 Å². The molecule has 10 heteroatoms. The highest BCUT2D eigenvalue weighted by Gasteiger charge is 2.40. The maximum Gasteiger partial charge on any atom is 0.416 e. The molecule has 2 aromatic rings. The van der Waals surface area contributed by atoms with E-state index in [9.17, 15) is 22.4 Å². The van der Waals surface area contributed by atoms with E-state index in [4.69, 9.17) is 4.74 Å². The summed E-state index contributed by atoms with van der Waals surface area (Å²) in [6, 6.07) is 4.93. The molecule has 2 atom stereocenters. The van der Waals surface area contributed by atoms with Gasteiger partial charge in [0.15, 0.2) is 5.82 Å². The SMILES string of the molecule is C=CC(=O)N1C[C@@H](Nc2ncc(F)cn2)[C@H](OC2CC(c3ccc(C(F)(F)F)cc3)C2)C1. The van der Waals surface area contributed by atoms with Crippen LogP contribution in [0.1, 0.15) is 29.9 Å². The van der Waals surface area contributed by atoms with Crippen LogP contribution in [-0.2, 0) is 15.7 Å². The summed E-state index contributed by atoms with van der Waals surface area (Å²) in [7, 11) is 0. The van der Waals surface area contributed by atoms with Crippen molar-refractivity contribution < 1.29 is 27.1 Å². The van der Waals surface area contributed by atoms with E-state index in [-0.39, 0.29) is 36.0 Å². The first kappa shape index (κ1) is 22.2. The quantitative estimate of drug-likeness (QED) is 0.536. The third kappa shape index (κ3) is 4.90. The van der Waals surface area contributed by atoms with Gasteiger partial charge < -0.3 is 15.0 Å². The molecule has 6 nitrogen and oxygen atoms in total. The van der Waals surface area contributed by atoms with Crippen molar-refractivity contribution in [3.63, 3.8) is 0 Å². The highest BCUT2D eigenvalue weighted by molar-refractivity contribution is 5.87. The number of hydrogen-bond donors (Lipinski definition) is 1. The van der Waals surface area contributed by atoms with Crippen LogP contribution < -0.4 is 5.32 Å². The molecule has 1 saturated carbocycles. The van der Waals surface area contributed by atoms with Crippen LogP contribution in [0, 0.1) is 5.82 Å². The molecule has 1 aliphatic carbocycles. The average molecular weight is 450 g/mol. The number of alkyl halides is 3. The molecular weight excluding hydrogens is 428 g/mol. The summed E-state index contributed by atoms with van der Waals surface area (Å²) < 4.78 is 57.5. The first-order valence-electron chi connectivity index (χ1n) is 10.2. The van der Waals surface area contributed by atoms with Gasteiger partial charge in [0.2, 0.25) is 11.9 Å². The molecule has 1 aromatic heterocycles. The Labute approximate surface area is 182 Å². The van der Waals surface area contributed by atoms with E-state index in [1.165, 1.54) is 18.2 Å². The first-order chi connectivity index (χ1) is 15.2. The lowest BCUT2D eigenvalue weighted by Gasteiger charge is -2.38. The largest absolute Gasteiger partial charge is 0.416 e. The number of benzene rings is 1. The van der Waals surface area contributed by atoms with Gasteiger partial charge in [-0.05, 0) is 42.5 Å². The number of carbonyl (C=O) groups excluding carboxylic acids is 1. The van der Waals surface area contributed by atoms with E-state index in [0.717, 1.165) is 30.1 Å². The summed E-state index contributed by atoms with van der Waals surface area (Å²) in [5, 5.41) is 3.10. The van der Waals surface area contributed by atoms with Gasteiger partial charge in [-0.1, -0.05) is 18.7 Å². The van der Waals surface area contributed by atoms with Gasteiger partial charge in [0, 0.05) is 13.1 Å².